The summed E-state index contributed by atoms with van der Waals surface area (Å²) in [5.74, 6) is 0.807. The molecule has 0 radical (unpaired) electrons. The lowest BCUT2D eigenvalue weighted by atomic mass is 10.0. The van der Waals surface area contributed by atoms with Gasteiger partial charge in [-0.15, -0.1) is 0 Å². The number of hydrogen-bond donors (Lipinski definition) is 1. The van der Waals surface area contributed by atoms with E-state index in [4.69, 9.17) is 5.73 Å². The van der Waals surface area contributed by atoms with Crippen LogP contribution in [0.3, 0.4) is 0 Å². The van der Waals surface area contributed by atoms with E-state index in [0.29, 0.717) is 0 Å². The van der Waals surface area contributed by atoms with E-state index >= 15 is 0 Å². The first kappa shape index (κ1) is 14.9. The van der Waals surface area contributed by atoms with Crippen molar-refractivity contribution in [1.29, 1.82) is 0 Å². The van der Waals surface area contributed by atoms with Crippen molar-refractivity contribution in [3.8, 4) is 0 Å². The van der Waals surface area contributed by atoms with E-state index in [1.165, 1.54) is 65.0 Å². The summed E-state index contributed by atoms with van der Waals surface area (Å²) in [5, 5.41) is 0. The van der Waals surface area contributed by atoms with Crippen molar-refractivity contribution in [2.75, 3.05) is 45.8 Å². The highest BCUT2D eigenvalue weighted by Crippen LogP contribution is 2.11. The lowest BCUT2D eigenvalue weighted by Crippen LogP contribution is -2.46. The van der Waals surface area contributed by atoms with Gasteiger partial charge in [0.1, 0.15) is 0 Å². The fourth-order valence-corrected chi connectivity index (χ4v) is 2.64. The van der Waals surface area contributed by atoms with E-state index in [9.17, 15) is 0 Å². The molecule has 1 heterocycles. The van der Waals surface area contributed by atoms with Crippen LogP contribution in [0.4, 0.5) is 0 Å². The molecule has 0 bridgehead atoms. The molecule has 0 aromatic heterocycles. The molecule has 1 saturated heterocycles. The zero-order valence-electron chi connectivity index (χ0n) is 11.8. The Hall–Kier alpha value is -0.120. The third-order valence-corrected chi connectivity index (χ3v) is 3.84. The molecule has 1 rings (SSSR count). The van der Waals surface area contributed by atoms with Crippen LogP contribution in [0.5, 0.6) is 0 Å². The molecule has 0 spiro atoms. The Balaban J connectivity index is 2.02. The highest BCUT2D eigenvalue weighted by atomic mass is 15.3. The van der Waals surface area contributed by atoms with Crippen molar-refractivity contribution in [3.05, 3.63) is 0 Å². The van der Waals surface area contributed by atoms with Crippen LogP contribution in [0.25, 0.3) is 0 Å². The van der Waals surface area contributed by atoms with Crippen molar-refractivity contribution >= 4 is 0 Å². The normalized spacial score (nSPS) is 20.6. The Labute approximate surface area is 107 Å². The average molecular weight is 241 g/mol. The molecule has 1 unspecified atom stereocenters. The quantitative estimate of drug-likeness (QED) is 0.703. The summed E-state index contributed by atoms with van der Waals surface area (Å²) >= 11 is 0. The van der Waals surface area contributed by atoms with E-state index in [0.717, 1.165) is 12.5 Å². The van der Waals surface area contributed by atoms with Crippen LogP contribution in [-0.4, -0.2) is 55.6 Å². The van der Waals surface area contributed by atoms with Crippen molar-refractivity contribution in [1.82, 2.24) is 9.80 Å². The van der Waals surface area contributed by atoms with Crippen molar-refractivity contribution in [2.24, 2.45) is 11.7 Å². The third kappa shape index (κ3) is 6.39. The van der Waals surface area contributed by atoms with E-state index in [-0.39, 0.29) is 0 Å². The molecule has 0 aromatic rings. The molecule has 2 N–H and O–H groups in total. The molecule has 0 aromatic carbocycles. The summed E-state index contributed by atoms with van der Waals surface area (Å²) < 4.78 is 0. The number of nitrogens with two attached hydrogens (primary N) is 1. The first-order valence-corrected chi connectivity index (χ1v) is 7.41. The van der Waals surface area contributed by atoms with Crippen LogP contribution in [-0.2, 0) is 0 Å². The number of rotatable bonds is 8. The van der Waals surface area contributed by atoms with Gasteiger partial charge in [-0.3, -0.25) is 0 Å². The first-order valence-electron chi connectivity index (χ1n) is 7.41. The molecule has 0 saturated carbocycles. The second-order valence-corrected chi connectivity index (χ2v) is 5.51. The standard InChI is InChI=1S/C14H31N3/c1-3-8-16-10-12-17(13-11-16)9-4-5-14(2)6-7-15/h14H,3-13,15H2,1-2H3. The van der Waals surface area contributed by atoms with Crippen LogP contribution in [0, 0.1) is 5.92 Å². The van der Waals surface area contributed by atoms with Gasteiger partial charge in [-0.1, -0.05) is 13.8 Å². The molecular weight excluding hydrogens is 210 g/mol. The summed E-state index contributed by atoms with van der Waals surface area (Å²) in [5.41, 5.74) is 5.57. The molecule has 1 aliphatic rings. The van der Waals surface area contributed by atoms with Crippen LogP contribution in [0.15, 0.2) is 0 Å². The molecule has 0 aliphatic carbocycles. The van der Waals surface area contributed by atoms with Crippen LogP contribution < -0.4 is 5.73 Å². The molecule has 0 amide bonds. The molecule has 3 nitrogen and oxygen atoms in total. The Morgan fingerprint density at radius 1 is 1.00 bits per heavy atom. The molecule has 1 aliphatic heterocycles. The summed E-state index contributed by atoms with van der Waals surface area (Å²) in [6.45, 7) is 13.1. The maximum atomic E-state index is 5.57. The van der Waals surface area contributed by atoms with Gasteiger partial charge in [-0.05, 0) is 51.2 Å². The number of piperazine rings is 1. The van der Waals surface area contributed by atoms with E-state index in [2.05, 4.69) is 23.6 Å². The second kappa shape index (κ2) is 8.90. The van der Waals surface area contributed by atoms with Crippen LogP contribution >= 0.6 is 0 Å². The van der Waals surface area contributed by atoms with Crippen molar-refractivity contribution in [3.63, 3.8) is 0 Å². The maximum absolute atomic E-state index is 5.57. The van der Waals surface area contributed by atoms with Gasteiger partial charge in [-0.2, -0.15) is 0 Å². The zero-order chi connectivity index (χ0) is 12.5. The van der Waals surface area contributed by atoms with Crippen molar-refractivity contribution < 1.29 is 0 Å². The minimum Gasteiger partial charge on any atom is -0.330 e. The van der Waals surface area contributed by atoms with Gasteiger partial charge in [0.05, 0.1) is 0 Å². The predicted molar refractivity (Wildman–Crippen MR) is 75.2 cm³/mol. The number of hydrogen-bond acceptors (Lipinski definition) is 3. The molecule has 3 heteroatoms. The summed E-state index contributed by atoms with van der Waals surface area (Å²) in [7, 11) is 0. The lowest BCUT2D eigenvalue weighted by molar-refractivity contribution is 0.129. The Morgan fingerprint density at radius 3 is 2.12 bits per heavy atom. The Kier molecular flexibility index (Phi) is 7.82. The van der Waals surface area contributed by atoms with Gasteiger partial charge < -0.3 is 15.5 Å². The van der Waals surface area contributed by atoms with Gasteiger partial charge in [0.15, 0.2) is 0 Å². The van der Waals surface area contributed by atoms with E-state index < -0.39 is 0 Å². The Morgan fingerprint density at radius 2 is 1.59 bits per heavy atom. The summed E-state index contributed by atoms with van der Waals surface area (Å²) in [6.07, 6.45) is 5.15. The molecule has 1 fully saturated rings. The van der Waals surface area contributed by atoms with E-state index in [1.54, 1.807) is 0 Å². The topological polar surface area (TPSA) is 32.5 Å². The first-order chi connectivity index (χ1) is 8.26. The van der Waals surface area contributed by atoms with Gasteiger partial charge in [-0.25, -0.2) is 0 Å². The highest BCUT2D eigenvalue weighted by Gasteiger charge is 2.15. The summed E-state index contributed by atoms with van der Waals surface area (Å²) in [4.78, 5) is 5.22. The third-order valence-electron chi connectivity index (χ3n) is 3.84. The van der Waals surface area contributed by atoms with Crippen LogP contribution in [0.2, 0.25) is 0 Å². The fourth-order valence-electron chi connectivity index (χ4n) is 2.64. The minimum atomic E-state index is 0.807. The van der Waals surface area contributed by atoms with Gasteiger partial charge >= 0.3 is 0 Å². The zero-order valence-corrected chi connectivity index (χ0v) is 11.8. The monoisotopic (exact) mass is 241 g/mol. The largest absolute Gasteiger partial charge is 0.330 e. The smallest absolute Gasteiger partial charge is 0.0110 e. The van der Waals surface area contributed by atoms with Gasteiger partial charge in [0.2, 0.25) is 0 Å². The van der Waals surface area contributed by atoms with Crippen molar-refractivity contribution in [2.45, 2.75) is 39.5 Å². The van der Waals surface area contributed by atoms with E-state index in [1.807, 2.05) is 0 Å². The number of nitrogens with zero attached hydrogens (tertiary/aromatic N) is 2. The Bertz CT molecular complexity index is 176. The fraction of sp³-hybridized carbons (Fsp3) is 1.00. The van der Waals surface area contributed by atoms with Gasteiger partial charge in [0.25, 0.3) is 0 Å². The average Bonchev–Trinajstić information content (AvgIpc) is 2.32. The summed E-state index contributed by atoms with van der Waals surface area (Å²) in [6, 6.07) is 0. The predicted octanol–water partition coefficient (Wildman–Crippen LogP) is 1.78. The SMILES string of the molecule is CCCN1CCN(CCCC(C)CCN)CC1. The molecule has 17 heavy (non-hydrogen) atoms. The highest BCUT2D eigenvalue weighted by molar-refractivity contribution is 4.71. The maximum Gasteiger partial charge on any atom is 0.0110 e. The lowest BCUT2D eigenvalue weighted by Gasteiger charge is -2.34. The van der Waals surface area contributed by atoms with Gasteiger partial charge in [0, 0.05) is 26.2 Å². The molecule has 102 valence electrons. The van der Waals surface area contributed by atoms with Crippen LogP contribution in [0.1, 0.15) is 39.5 Å². The molecule has 1 atom stereocenters. The molecular formula is C14H31N3. The second-order valence-electron chi connectivity index (χ2n) is 5.51. The minimum absolute atomic E-state index is 0.807.